The minimum Gasteiger partial charge on any atom is -0.310 e. The molecular weight excluding hydrogens is 309 g/mol. The molecule has 0 spiro atoms. The maximum atomic E-state index is 6.10. The van der Waals surface area contributed by atoms with Gasteiger partial charge in [-0.15, -0.1) is 0 Å². The first kappa shape index (κ1) is 14.3. The van der Waals surface area contributed by atoms with Crippen LogP contribution >= 0.6 is 39.1 Å². The molecule has 0 aliphatic carbocycles. The van der Waals surface area contributed by atoms with E-state index < -0.39 is 0 Å². The van der Waals surface area contributed by atoms with Crippen LogP contribution < -0.4 is 5.32 Å². The van der Waals surface area contributed by atoms with Gasteiger partial charge in [-0.3, -0.25) is 0 Å². The Kier molecular flexibility index (Phi) is 6.74. The van der Waals surface area contributed by atoms with E-state index in [-0.39, 0.29) is 0 Å². The molecule has 90 valence electrons. The average Bonchev–Trinajstić information content (AvgIpc) is 2.26. The molecule has 0 fully saturated rings. The number of nitrogens with one attached hydrogen (secondary N) is 1. The molecule has 1 unspecified atom stereocenters. The minimum absolute atomic E-state index is 0.533. The zero-order chi connectivity index (χ0) is 12.0. The standard InChI is InChI=1S/C12H16BrCl2N/c1-2-11(5-6-13)16-8-9-3-4-10(14)7-12(9)15/h3-4,7,11,16H,2,5-6,8H2,1H3. The molecule has 0 aromatic heterocycles. The van der Waals surface area contributed by atoms with Gasteiger partial charge in [0.2, 0.25) is 0 Å². The van der Waals surface area contributed by atoms with Gasteiger partial charge in [0.25, 0.3) is 0 Å². The van der Waals surface area contributed by atoms with Gasteiger partial charge in [0.15, 0.2) is 0 Å². The van der Waals surface area contributed by atoms with E-state index in [1.807, 2.05) is 12.1 Å². The van der Waals surface area contributed by atoms with Crippen molar-refractivity contribution in [1.29, 1.82) is 0 Å². The largest absolute Gasteiger partial charge is 0.310 e. The summed E-state index contributed by atoms with van der Waals surface area (Å²) in [5.41, 5.74) is 1.10. The van der Waals surface area contributed by atoms with Gasteiger partial charge in [-0.05, 0) is 30.5 Å². The van der Waals surface area contributed by atoms with Crippen molar-refractivity contribution in [3.63, 3.8) is 0 Å². The lowest BCUT2D eigenvalue weighted by molar-refractivity contribution is 0.488. The Balaban J connectivity index is 2.53. The molecule has 1 aromatic carbocycles. The molecule has 16 heavy (non-hydrogen) atoms. The summed E-state index contributed by atoms with van der Waals surface area (Å²) in [5, 5.41) is 5.92. The molecule has 0 aliphatic heterocycles. The van der Waals surface area contributed by atoms with Crippen molar-refractivity contribution in [2.45, 2.75) is 32.4 Å². The smallest absolute Gasteiger partial charge is 0.0465 e. The molecule has 0 aliphatic rings. The number of hydrogen-bond acceptors (Lipinski definition) is 1. The third-order valence-electron chi connectivity index (χ3n) is 2.55. The molecule has 1 atom stereocenters. The summed E-state index contributed by atoms with van der Waals surface area (Å²) in [6, 6.07) is 6.16. The lowest BCUT2D eigenvalue weighted by atomic mass is 10.1. The highest BCUT2D eigenvalue weighted by molar-refractivity contribution is 9.09. The van der Waals surface area contributed by atoms with Crippen molar-refractivity contribution < 1.29 is 0 Å². The maximum Gasteiger partial charge on any atom is 0.0465 e. The molecule has 1 N–H and O–H groups in total. The Morgan fingerprint density at radius 1 is 1.38 bits per heavy atom. The fourth-order valence-corrected chi connectivity index (χ4v) is 2.53. The molecular formula is C12H16BrCl2N. The summed E-state index contributed by atoms with van der Waals surface area (Å²) < 4.78 is 0. The van der Waals surface area contributed by atoms with Crippen LogP contribution in [0.3, 0.4) is 0 Å². The van der Waals surface area contributed by atoms with E-state index in [1.54, 1.807) is 6.07 Å². The highest BCUT2D eigenvalue weighted by atomic mass is 79.9. The predicted molar refractivity (Wildman–Crippen MR) is 75.8 cm³/mol. The summed E-state index contributed by atoms with van der Waals surface area (Å²) >= 11 is 15.4. The van der Waals surface area contributed by atoms with E-state index in [0.29, 0.717) is 11.1 Å². The van der Waals surface area contributed by atoms with E-state index in [0.717, 1.165) is 35.3 Å². The van der Waals surface area contributed by atoms with Crippen LogP contribution in [0.15, 0.2) is 18.2 Å². The molecule has 1 rings (SSSR count). The van der Waals surface area contributed by atoms with Crippen LogP contribution in [0.2, 0.25) is 10.0 Å². The second-order valence-corrected chi connectivity index (χ2v) is 5.34. The van der Waals surface area contributed by atoms with Gasteiger partial charge in [-0.1, -0.05) is 52.1 Å². The third kappa shape index (κ3) is 4.62. The van der Waals surface area contributed by atoms with Gasteiger partial charge < -0.3 is 5.32 Å². The number of halogens is 3. The number of benzene rings is 1. The van der Waals surface area contributed by atoms with Crippen LogP contribution in [0.1, 0.15) is 25.3 Å². The predicted octanol–water partition coefficient (Wildman–Crippen LogP) is 4.65. The monoisotopic (exact) mass is 323 g/mol. The van der Waals surface area contributed by atoms with Gasteiger partial charge in [-0.2, -0.15) is 0 Å². The first-order valence-corrected chi connectivity index (χ1v) is 7.28. The molecule has 1 nitrogen and oxygen atoms in total. The second-order valence-electron chi connectivity index (χ2n) is 3.70. The van der Waals surface area contributed by atoms with Gasteiger partial charge in [0.05, 0.1) is 0 Å². The van der Waals surface area contributed by atoms with Crippen molar-refractivity contribution in [1.82, 2.24) is 5.32 Å². The summed E-state index contributed by atoms with van der Waals surface area (Å²) in [6.45, 7) is 2.98. The summed E-state index contributed by atoms with van der Waals surface area (Å²) in [7, 11) is 0. The van der Waals surface area contributed by atoms with E-state index in [9.17, 15) is 0 Å². The van der Waals surface area contributed by atoms with Crippen molar-refractivity contribution in [2.75, 3.05) is 5.33 Å². The highest BCUT2D eigenvalue weighted by Crippen LogP contribution is 2.21. The number of hydrogen-bond donors (Lipinski definition) is 1. The van der Waals surface area contributed by atoms with Crippen LogP contribution in [-0.4, -0.2) is 11.4 Å². The Bertz CT molecular complexity index is 331. The third-order valence-corrected chi connectivity index (χ3v) is 3.59. The quantitative estimate of drug-likeness (QED) is 0.751. The molecule has 0 radical (unpaired) electrons. The fraction of sp³-hybridized carbons (Fsp3) is 0.500. The molecule has 0 amide bonds. The Labute approximate surface area is 116 Å². The van der Waals surface area contributed by atoms with Gasteiger partial charge in [-0.25, -0.2) is 0 Å². The molecule has 4 heteroatoms. The molecule has 0 heterocycles. The van der Waals surface area contributed by atoms with E-state index in [2.05, 4.69) is 28.2 Å². The van der Waals surface area contributed by atoms with Crippen molar-refractivity contribution >= 4 is 39.1 Å². The zero-order valence-corrected chi connectivity index (χ0v) is 12.4. The number of rotatable bonds is 6. The van der Waals surface area contributed by atoms with Crippen LogP contribution in [-0.2, 0) is 6.54 Å². The Hall–Kier alpha value is 0.240. The first-order chi connectivity index (χ1) is 7.67. The van der Waals surface area contributed by atoms with Gasteiger partial charge in [0.1, 0.15) is 0 Å². The van der Waals surface area contributed by atoms with E-state index in [4.69, 9.17) is 23.2 Å². The van der Waals surface area contributed by atoms with Crippen LogP contribution in [0.5, 0.6) is 0 Å². The van der Waals surface area contributed by atoms with Crippen molar-refractivity contribution in [3.8, 4) is 0 Å². The molecule has 0 bridgehead atoms. The maximum absolute atomic E-state index is 6.10. The van der Waals surface area contributed by atoms with Crippen LogP contribution in [0.4, 0.5) is 0 Å². The van der Waals surface area contributed by atoms with Crippen molar-refractivity contribution in [2.24, 2.45) is 0 Å². The SMILES string of the molecule is CCC(CCBr)NCc1ccc(Cl)cc1Cl. The topological polar surface area (TPSA) is 12.0 Å². The van der Waals surface area contributed by atoms with Crippen molar-refractivity contribution in [3.05, 3.63) is 33.8 Å². The average molecular weight is 325 g/mol. The zero-order valence-electron chi connectivity index (χ0n) is 9.27. The lowest BCUT2D eigenvalue weighted by Gasteiger charge is -2.16. The van der Waals surface area contributed by atoms with Crippen LogP contribution in [0, 0.1) is 0 Å². The highest BCUT2D eigenvalue weighted by Gasteiger charge is 2.06. The minimum atomic E-state index is 0.533. The van der Waals surface area contributed by atoms with E-state index in [1.165, 1.54) is 0 Å². The summed E-state index contributed by atoms with van der Waals surface area (Å²) in [4.78, 5) is 0. The lowest BCUT2D eigenvalue weighted by Crippen LogP contribution is -2.28. The molecule has 0 saturated heterocycles. The number of alkyl halides is 1. The molecule has 1 aromatic rings. The Morgan fingerprint density at radius 3 is 2.69 bits per heavy atom. The van der Waals surface area contributed by atoms with Crippen LogP contribution in [0.25, 0.3) is 0 Å². The Morgan fingerprint density at radius 2 is 2.12 bits per heavy atom. The van der Waals surface area contributed by atoms with Gasteiger partial charge in [0, 0.05) is 28.0 Å². The second kappa shape index (κ2) is 7.54. The molecule has 0 saturated carbocycles. The summed E-state index contributed by atoms with van der Waals surface area (Å²) in [6.07, 6.45) is 2.25. The normalized spacial score (nSPS) is 12.8. The summed E-state index contributed by atoms with van der Waals surface area (Å²) in [5.74, 6) is 0. The van der Waals surface area contributed by atoms with E-state index >= 15 is 0 Å². The first-order valence-electron chi connectivity index (χ1n) is 5.40. The van der Waals surface area contributed by atoms with Gasteiger partial charge >= 0.3 is 0 Å². The fourth-order valence-electron chi connectivity index (χ4n) is 1.50.